The number of carbonyl (C=O) groups excluding carboxylic acids is 2. The SMILES string of the molecule is COCc1cnc(C2=N[C@@](C)(C(C)C)C(=O)N2)c(C(=O)O)c1.COCc1cnc(C2=N[C@@](C)(C(C)C)C(=O)N2)c(C(=O)O)c1. The van der Waals surface area contributed by atoms with Crippen molar-refractivity contribution in [1.29, 1.82) is 0 Å². The number of nitrogens with zero attached hydrogens (tertiary/aromatic N) is 4. The van der Waals surface area contributed by atoms with Gasteiger partial charge in [-0.15, -0.1) is 0 Å². The summed E-state index contributed by atoms with van der Waals surface area (Å²) in [6, 6.07) is 2.96. The molecule has 2 aliphatic heterocycles. The van der Waals surface area contributed by atoms with Gasteiger partial charge in [0.05, 0.1) is 24.3 Å². The van der Waals surface area contributed by atoms with Gasteiger partial charge in [-0.05, 0) is 48.9 Å². The molecule has 2 aliphatic rings. The molecule has 4 N–H and O–H groups in total. The number of methoxy groups -OCH3 is 2. The van der Waals surface area contributed by atoms with Gasteiger partial charge in [-0.25, -0.2) is 19.6 Å². The second-order valence-electron chi connectivity index (χ2n) is 11.4. The Hall–Kier alpha value is -4.56. The molecule has 2 aromatic heterocycles. The van der Waals surface area contributed by atoms with Crippen LogP contribution in [0.5, 0.6) is 0 Å². The standard InChI is InChI=1S/2C15H19N3O4/c2*1-8(2)15(3)14(21)17-12(18-15)11-10(13(19)20)5-9(6-16-11)7-22-4/h2*5-6,8H,7H2,1-4H3,(H,19,20)(H,17,18,21)/t2*15-/m00/s1. The van der Waals surface area contributed by atoms with E-state index in [4.69, 9.17) is 9.47 Å². The zero-order valence-electron chi connectivity index (χ0n) is 26.0. The lowest BCUT2D eigenvalue weighted by atomic mass is 9.89. The summed E-state index contributed by atoms with van der Waals surface area (Å²) in [6.45, 7) is 11.5. The van der Waals surface area contributed by atoms with Gasteiger partial charge in [-0.3, -0.25) is 19.6 Å². The molecule has 44 heavy (non-hydrogen) atoms. The van der Waals surface area contributed by atoms with E-state index in [1.165, 1.54) is 38.7 Å². The third-order valence-corrected chi connectivity index (χ3v) is 7.74. The fourth-order valence-electron chi connectivity index (χ4n) is 4.31. The molecule has 0 fully saturated rings. The van der Waals surface area contributed by atoms with Crippen molar-refractivity contribution < 1.29 is 38.9 Å². The van der Waals surface area contributed by atoms with Crippen LogP contribution in [0.4, 0.5) is 0 Å². The predicted molar refractivity (Wildman–Crippen MR) is 160 cm³/mol. The van der Waals surface area contributed by atoms with E-state index in [1.54, 1.807) is 13.8 Å². The minimum absolute atomic E-state index is 0.0124. The molecule has 0 aliphatic carbocycles. The van der Waals surface area contributed by atoms with Crippen LogP contribution in [0.3, 0.4) is 0 Å². The number of amides is 2. The minimum Gasteiger partial charge on any atom is -0.478 e. The first-order valence-corrected chi connectivity index (χ1v) is 13.8. The molecule has 0 bridgehead atoms. The molecule has 2 amide bonds. The maximum Gasteiger partial charge on any atom is 0.338 e. The molecule has 0 unspecified atom stereocenters. The lowest BCUT2D eigenvalue weighted by molar-refractivity contribution is -0.125. The van der Waals surface area contributed by atoms with E-state index in [-0.39, 0.29) is 71.0 Å². The average Bonchev–Trinajstić information content (AvgIpc) is 3.45. The third-order valence-electron chi connectivity index (χ3n) is 7.74. The summed E-state index contributed by atoms with van der Waals surface area (Å²) in [6.07, 6.45) is 3.04. The number of ether oxygens (including phenoxy) is 2. The average molecular weight is 611 g/mol. The highest BCUT2D eigenvalue weighted by Gasteiger charge is 2.44. The lowest BCUT2D eigenvalue weighted by Crippen LogP contribution is -2.41. The van der Waals surface area contributed by atoms with Crippen molar-refractivity contribution in [3.05, 3.63) is 58.2 Å². The topological polar surface area (TPSA) is 202 Å². The number of carboxylic acids is 2. The van der Waals surface area contributed by atoms with E-state index in [0.717, 1.165) is 0 Å². The van der Waals surface area contributed by atoms with Gasteiger partial charge < -0.3 is 30.3 Å². The van der Waals surface area contributed by atoms with Crippen molar-refractivity contribution >= 4 is 35.4 Å². The van der Waals surface area contributed by atoms with Gasteiger partial charge in [0, 0.05) is 26.6 Å². The molecule has 4 heterocycles. The number of carboxylic acid groups (broad SMARTS) is 2. The summed E-state index contributed by atoms with van der Waals surface area (Å²) in [5, 5.41) is 24.0. The molecule has 0 saturated carbocycles. The number of nitrogens with one attached hydrogen (secondary N) is 2. The van der Waals surface area contributed by atoms with E-state index in [9.17, 15) is 29.4 Å². The fourth-order valence-corrected chi connectivity index (χ4v) is 4.31. The summed E-state index contributed by atoms with van der Waals surface area (Å²) in [5.41, 5.74) is -0.269. The van der Waals surface area contributed by atoms with Crippen LogP contribution in [0.15, 0.2) is 34.5 Å². The van der Waals surface area contributed by atoms with Crippen molar-refractivity contribution in [3.8, 4) is 0 Å². The van der Waals surface area contributed by atoms with Crippen molar-refractivity contribution in [2.45, 2.75) is 65.8 Å². The number of carbonyl (C=O) groups is 4. The van der Waals surface area contributed by atoms with Crippen molar-refractivity contribution in [3.63, 3.8) is 0 Å². The summed E-state index contributed by atoms with van der Waals surface area (Å²) in [7, 11) is 3.04. The Morgan fingerprint density at radius 3 is 1.34 bits per heavy atom. The molecule has 2 atom stereocenters. The summed E-state index contributed by atoms with van der Waals surface area (Å²) in [5.74, 6) is -2.42. The maximum atomic E-state index is 12.2. The normalized spacial score (nSPS) is 21.0. The Bertz CT molecular complexity index is 1420. The Morgan fingerprint density at radius 2 is 1.09 bits per heavy atom. The van der Waals surface area contributed by atoms with Crippen molar-refractivity contribution in [1.82, 2.24) is 20.6 Å². The second-order valence-corrected chi connectivity index (χ2v) is 11.4. The molecular formula is C30H38N6O8. The van der Waals surface area contributed by atoms with Gasteiger partial charge in [0.25, 0.3) is 11.8 Å². The second kappa shape index (κ2) is 13.4. The Labute approximate surface area is 255 Å². The van der Waals surface area contributed by atoms with Crippen LogP contribution in [-0.2, 0) is 32.3 Å². The van der Waals surface area contributed by atoms with Crippen LogP contribution in [-0.4, -0.2) is 80.9 Å². The van der Waals surface area contributed by atoms with E-state index in [1.807, 2.05) is 27.7 Å². The molecule has 0 radical (unpaired) electrons. The molecule has 2 aromatic rings. The molecule has 0 aromatic carbocycles. The monoisotopic (exact) mass is 610 g/mol. The van der Waals surface area contributed by atoms with E-state index < -0.39 is 23.0 Å². The Balaban J connectivity index is 0.000000240. The highest BCUT2D eigenvalue weighted by molar-refractivity contribution is 6.18. The van der Waals surface area contributed by atoms with Crippen LogP contribution in [0.25, 0.3) is 0 Å². The number of rotatable bonds is 10. The van der Waals surface area contributed by atoms with Crippen LogP contribution in [0.2, 0.25) is 0 Å². The van der Waals surface area contributed by atoms with Gasteiger partial charge >= 0.3 is 11.9 Å². The fraction of sp³-hybridized carbons (Fsp3) is 0.467. The van der Waals surface area contributed by atoms with E-state index >= 15 is 0 Å². The molecule has 0 spiro atoms. The van der Waals surface area contributed by atoms with Gasteiger partial charge in [0.2, 0.25) is 0 Å². The number of hydrogen-bond donors (Lipinski definition) is 4. The molecule has 236 valence electrons. The third kappa shape index (κ3) is 6.81. The molecule has 14 heteroatoms. The van der Waals surface area contributed by atoms with Gasteiger partial charge in [-0.2, -0.15) is 0 Å². The van der Waals surface area contributed by atoms with Gasteiger partial charge in [0.1, 0.15) is 22.5 Å². The number of amidine groups is 2. The first-order chi connectivity index (χ1) is 20.6. The zero-order valence-corrected chi connectivity index (χ0v) is 26.0. The van der Waals surface area contributed by atoms with Gasteiger partial charge in [-0.1, -0.05) is 27.7 Å². The number of hydrogen-bond acceptors (Lipinski definition) is 10. The predicted octanol–water partition coefficient (Wildman–Crippen LogP) is 2.43. The van der Waals surface area contributed by atoms with Crippen molar-refractivity contribution in [2.75, 3.05) is 14.2 Å². The number of aromatic carboxylic acids is 2. The van der Waals surface area contributed by atoms with Crippen LogP contribution >= 0.6 is 0 Å². The van der Waals surface area contributed by atoms with Crippen LogP contribution in [0, 0.1) is 11.8 Å². The smallest absolute Gasteiger partial charge is 0.338 e. The number of pyridine rings is 2. The zero-order chi connectivity index (χ0) is 33.0. The van der Waals surface area contributed by atoms with E-state index in [0.29, 0.717) is 11.1 Å². The van der Waals surface area contributed by atoms with Crippen LogP contribution in [0.1, 0.15) is 84.8 Å². The largest absolute Gasteiger partial charge is 0.478 e. The number of aromatic nitrogens is 2. The summed E-state index contributed by atoms with van der Waals surface area (Å²) < 4.78 is 9.95. The van der Waals surface area contributed by atoms with Gasteiger partial charge in [0.15, 0.2) is 11.7 Å². The Kier molecular flexibility index (Phi) is 10.3. The quantitative estimate of drug-likeness (QED) is 0.309. The van der Waals surface area contributed by atoms with Crippen molar-refractivity contribution in [2.24, 2.45) is 21.8 Å². The molecule has 14 nitrogen and oxygen atoms in total. The minimum atomic E-state index is -1.13. The highest BCUT2D eigenvalue weighted by Crippen LogP contribution is 2.28. The number of aliphatic imine (C=N–C) groups is 2. The van der Waals surface area contributed by atoms with Crippen LogP contribution < -0.4 is 10.6 Å². The molecular weight excluding hydrogens is 572 g/mol. The summed E-state index contributed by atoms with van der Waals surface area (Å²) >= 11 is 0. The first kappa shape index (κ1) is 33.9. The molecule has 4 rings (SSSR count). The summed E-state index contributed by atoms with van der Waals surface area (Å²) in [4.78, 5) is 64.3. The van der Waals surface area contributed by atoms with E-state index in [2.05, 4.69) is 30.6 Å². The maximum absolute atomic E-state index is 12.2. The highest BCUT2D eigenvalue weighted by atomic mass is 16.5. The Morgan fingerprint density at radius 1 is 0.750 bits per heavy atom. The lowest BCUT2D eigenvalue weighted by Gasteiger charge is -2.21. The molecule has 0 saturated heterocycles. The first-order valence-electron chi connectivity index (χ1n) is 13.8.